The molecule has 0 atom stereocenters. The minimum absolute atomic E-state index is 0.766. The number of benzene rings is 1. The van der Waals surface area contributed by atoms with Crippen LogP contribution in [0.4, 0.5) is 23.3 Å². The number of aromatic nitrogens is 2. The van der Waals surface area contributed by atoms with Gasteiger partial charge >= 0.3 is 0 Å². The molecule has 1 aromatic carbocycles. The Balaban J connectivity index is 1.50. The summed E-state index contributed by atoms with van der Waals surface area (Å²) in [5.74, 6) is 3.25. The zero-order valence-electron chi connectivity index (χ0n) is 17.7. The molecule has 1 N–H and O–H groups in total. The number of hydrogen-bond acceptors (Lipinski definition) is 8. The lowest BCUT2D eigenvalue weighted by Gasteiger charge is -2.35. The van der Waals surface area contributed by atoms with Gasteiger partial charge in [0.1, 0.15) is 17.4 Å². The lowest BCUT2D eigenvalue weighted by Crippen LogP contribution is -2.46. The molecule has 0 amide bonds. The molecule has 1 saturated heterocycles. The molecule has 3 aromatic rings. The molecular weight excluding hydrogens is 396 g/mol. The first-order valence-electron chi connectivity index (χ1n) is 10.1. The number of anilines is 4. The number of methoxy groups -OCH3 is 1. The summed E-state index contributed by atoms with van der Waals surface area (Å²) in [5.41, 5.74) is 1.02. The fraction of sp³-hybridized carbons (Fsp3) is 0.364. The number of thiophene rings is 1. The predicted octanol–water partition coefficient (Wildman–Crippen LogP) is 3.68. The molecule has 1 fully saturated rings. The number of piperazine rings is 1. The standard InChI is InChI=1S/C22H28N6OS/c1-23-20-15-21(26(2)17-6-4-7-18(14-17)29-3)25-22(24-20)28-11-9-27(10-12-28)16-19-8-5-13-30-19/h4-8,13-15H,9-12,16H2,1-3H3,(H,23,24,25). The highest BCUT2D eigenvalue weighted by Crippen LogP contribution is 2.28. The SMILES string of the molecule is CNc1cc(N(C)c2cccc(OC)c2)nc(N2CCN(Cc3cccs3)CC2)n1. The second-order valence-electron chi connectivity index (χ2n) is 7.26. The van der Waals surface area contributed by atoms with Gasteiger partial charge in [0.2, 0.25) is 5.95 Å². The topological polar surface area (TPSA) is 56.8 Å². The van der Waals surface area contributed by atoms with Crippen LogP contribution in [-0.4, -0.2) is 62.3 Å². The van der Waals surface area contributed by atoms with Crippen molar-refractivity contribution in [2.75, 3.05) is 62.5 Å². The molecule has 4 rings (SSSR count). The van der Waals surface area contributed by atoms with Gasteiger partial charge in [-0.3, -0.25) is 4.90 Å². The first-order chi connectivity index (χ1) is 14.7. The summed E-state index contributed by atoms with van der Waals surface area (Å²) in [4.78, 5) is 17.8. The summed E-state index contributed by atoms with van der Waals surface area (Å²) in [6.07, 6.45) is 0. The fourth-order valence-electron chi connectivity index (χ4n) is 3.54. The van der Waals surface area contributed by atoms with Crippen molar-refractivity contribution in [2.24, 2.45) is 0 Å². The maximum atomic E-state index is 5.37. The molecule has 158 valence electrons. The molecule has 30 heavy (non-hydrogen) atoms. The third-order valence-electron chi connectivity index (χ3n) is 5.36. The third-order valence-corrected chi connectivity index (χ3v) is 6.22. The average Bonchev–Trinajstić information content (AvgIpc) is 3.31. The van der Waals surface area contributed by atoms with Gasteiger partial charge in [0.05, 0.1) is 7.11 Å². The van der Waals surface area contributed by atoms with E-state index in [0.717, 1.165) is 61.7 Å². The second kappa shape index (κ2) is 9.32. The summed E-state index contributed by atoms with van der Waals surface area (Å²) >= 11 is 1.82. The van der Waals surface area contributed by atoms with Crippen LogP contribution >= 0.6 is 11.3 Å². The van der Waals surface area contributed by atoms with Crippen molar-refractivity contribution >= 4 is 34.6 Å². The first-order valence-corrected chi connectivity index (χ1v) is 11.0. The smallest absolute Gasteiger partial charge is 0.229 e. The molecule has 3 heterocycles. The Morgan fingerprint density at radius 3 is 2.63 bits per heavy atom. The Morgan fingerprint density at radius 2 is 1.93 bits per heavy atom. The van der Waals surface area contributed by atoms with Crippen LogP contribution in [0.2, 0.25) is 0 Å². The summed E-state index contributed by atoms with van der Waals surface area (Å²) < 4.78 is 5.37. The highest BCUT2D eigenvalue weighted by atomic mass is 32.1. The fourth-order valence-corrected chi connectivity index (χ4v) is 4.29. The maximum absolute atomic E-state index is 5.37. The third kappa shape index (κ3) is 4.66. The van der Waals surface area contributed by atoms with Crippen molar-refractivity contribution in [3.8, 4) is 5.75 Å². The van der Waals surface area contributed by atoms with Crippen molar-refractivity contribution in [3.05, 3.63) is 52.7 Å². The lowest BCUT2D eigenvalue weighted by atomic mass is 10.2. The Morgan fingerprint density at radius 1 is 1.10 bits per heavy atom. The van der Waals surface area contributed by atoms with Crippen molar-refractivity contribution in [1.82, 2.24) is 14.9 Å². The van der Waals surface area contributed by atoms with Crippen molar-refractivity contribution in [3.63, 3.8) is 0 Å². The van der Waals surface area contributed by atoms with E-state index in [4.69, 9.17) is 14.7 Å². The molecule has 7 nitrogen and oxygen atoms in total. The van der Waals surface area contributed by atoms with Crippen LogP contribution in [0.3, 0.4) is 0 Å². The minimum atomic E-state index is 0.766. The van der Waals surface area contributed by atoms with Crippen molar-refractivity contribution in [2.45, 2.75) is 6.54 Å². The van der Waals surface area contributed by atoms with E-state index in [0.29, 0.717) is 0 Å². The van der Waals surface area contributed by atoms with E-state index in [1.165, 1.54) is 4.88 Å². The van der Waals surface area contributed by atoms with Gasteiger partial charge in [-0.2, -0.15) is 9.97 Å². The second-order valence-corrected chi connectivity index (χ2v) is 8.30. The Hall–Kier alpha value is -2.84. The Bertz CT molecular complexity index is 956. The van der Waals surface area contributed by atoms with Gasteiger partial charge in [-0.25, -0.2) is 0 Å². The zero-order chi connectivity index (χ0) is 20.9. The number of rotatable bonds is 7. The van der Waals surface area contributed by atoms with E-state index in [2.05, 4.69) is 37.5 Å². The van der Waals surface area contributed by atoms with Crippen LogP contribution in [0.1, 0.15) is 4.88 Å². The van der Waals surface area contributed by atoms with Gasteiger partial charge in [-0.15, -0.1) is 11.3 Å². The Kier molecular flexibility index (Phi) is 6.35. The van der Waals surface area contributed by atoms with Crippen LogP contribution in [0.15, 0.2) is 47.8 Å². The minimum Gasteiger partial charge on any atom is -0.497 e. The van der Waals surface area contributed by atoms with Gasteiger partial charge in [0, 0.05) is 69.5 Å². The summed E-state index contributed by atoms with van der Waals surface area (Å²) in [7, 11) is 5.58. The molecule has 0 radical (unpaired) electrons. The number of nitrogens with one attached hydrogen (secondary N) is 1. The molecule has 0 unspecified atom stereocenters. The van der Waals surface area contributed by atoms with Crippen LogP contribution in [0, 0.1) is 0 Å². The molecule has 0 spiro atoms. The maximum Gasteiger partial charge on any atom is 0.229 e. The molecule has 1 aliphatic rings. The van der Waals surface area contributed by atoms with Crippen molar-refractivity contribution < 1.29 is 4.74 Å². The van der Waals surface area contributed by atoms with E-state index in [9.17, 15) is 0 Å². The number of nitrogens with zero attached hydrogens (tertiary/aromatic N) is 5. The van der Waals surface area contributed by atoms with Gasteiger partial charge in [-0.1, -0.05) is 12.1 Å². The van der Waals surface area contributed by atoms with E-state index in [1.54, 1.807) is 7.11 Å². The first kappa shape index (κ1) is 20.4. The van der Waals surface area contributed by atoms with Crippen LogP contribution in [0.25, 0.3) is 0 Å². The lowest BCUT2D eigenvalue weighted by molar-refractivity contribution is 0.251. The molecular formula is C22H28N6OS. The quantitative estimate of drug-likeness (QED) is 0.621. The van der Waals surface area contributed by atoms with Gasteiger partial charge in [0.15, 0.2) is 0 Å². The number of hydrogen-bond donors (Lipinski definition) is 1. The molecule has 0 saturated carbocycles. The summed E-state index contributed by atoms with van der Waals surface area (Å²) in [6.45, 7) is 4.87. The van der Waals surface area contributed by atoms with Gasteiger partial charge in [0.25, 0.3) is 0 Å². The number of ether oxygens (including phenoxy) is 1. The largest absolute Gasteiger partial charge is 0.497 e. The summed E-state index contributed by atoms with van der Waals surface area (Å²) in [6, 6.07) is 14.3. The van der Waals surface area contributed by atoms with Gasteiger partial charge in [-0.05, 0) is 23.6 Å². The predicted molar refractivity (Wildman–Crippen MR) is 124 cm³/mol. The normalized spacial score (nSPS) is 14.6. The Labute approximate surface area is 181 Å². The van der Waals surface area contributed by atoms with E-state index < -0.39 is 0 Å². The average molecular weight is 425 g/mol. The monoisotopic (exact) mass is 424 g/mol. The highest BCUT2D eigenvalue weighted by Gasteiger charge is 2.21. The molecule has 1 aliphatic heterocycles. The summed E-state index contributed by atoms with van der Waals surface area (Å²) in [5, 5.41) is 5.32. The van der Waals surface area contributed by atoms with E-state index in [1.807, 2.05) is 55.8 Å². The van der Waals surface area contributed by atoms with Crippen LogP contribution < -0.4 is 19.9 Å². The molecule has 0 aliphatic carbocycles. The van der Waals surface area contributed by atoms with Crippen LogP contribution in [-0.2, 0) is 6.54 Å². The molecule has 0 bridgehead atoms. The van der Waals surface area contributed by atoms with E-state index in [-0.39, 0.29) is 0 Å². The highest BCUT2D eigenvalue weighted by molar-refractivity contribution is 7.09. The molecule has 8 heteroatoms. The van der Waals surface area contributed by atoms with Crippen LogP contribution in [0.5, 0.6) is 5.75 Å². The van der Waals surface area contributed by atoms with Crippen molar-refractivity contribution in [1.29, 1.82) is 0 Å². The molecule has 2 aromatic heterocycles. The zero-order valence-corrected chi connectivity index (χ0v) is 18.5. The van der Waals surface area contributed by atoms with Gasteiger partial charge < -0.3 is 19.9 Å². The van der Waals surface area contributed by atoms with E-state index >= 15 is 0 Å².